The molecule has 20 heteroatoms. The standard InChI is InChI=1S/C32H2F12N8/c33-25-10(1-45)12(3-47)27(35)29(37)23(25)15(6-50)21-20(14(5-49)19-17(31(39,40)41)8-52-9-18(19)32(42,43)44)22(21)16(7-51)24-26(34)11(2-46)13(4-48)28(36)30(24)38/h8-9H/b20-14?,21-15-,22-16+. The van der Waals surface area contributed by atoms with E-state index in [1.165, 1.54) is 0 Å². The predicted octanol–water partition coefficient (Wildman–Crippen LogP) is 7.69. The molecule has 1 aromatic heterocycles. The largest absolute Gasteiger partial charge is 0.418 e. The van der Waals surface area contributed by atoms with Crippen molar-refractivity contribution in [3.05, 3.63) is 114 Å². The van der Waals surface area contributed by atoms with Crippen LogP contribution in [0.15, 0.2) is 29.1 Å². The lowest BCUT2D eigenvalue weighted by Gasteiger charge is -2.17. The second-order valence-corrected chi connectivity index (χ2v) is 9.77. The number of alkyl halides is 6. The molecule has 1 heterocycles. The Hall–Kier alpha value is -7.60. The number of rotatable bonds is 3. The molecule has 1 saturated carbocycles. The molecule has 1 aliphatic rings. The molecule has 254 valence electrons. The van der Waals surface area contributed by atoms with Crippen LogP contribution in [0.3, 0.4) is 0 Å². The summed E-state index contributed by atoms with van der Waals surface area (Å²) in [6, 6.07) is 6.81. The van der Waals surface area contributed by atoms with Crippen molar-refractivity contribution in [3.8, 4) is 42.5 Å². The molecule has 0 saturated heterocycles. The average Bonchev–Trinajstić information content (AvgIpc) is 3.80. The minimum Gasteiger partial charge on any atom is -0.263 e. The summed E-state index contributed by atoms with van der Waals surface area (Å²) in [7, 11) is 0. The lowest BCUT2D eigenvalue weighted by molar-refractivity contribution is -0.143. The topological polar surface area (TPSA) is 179 Å². The average molecular weight is 726 g/mol. The number of aromatic nitrogens is 1. The molecule has 0 amide bonds. The molecular formula is C32H2F12N8. The van der Waals surface area contributed by atoms with E-state index in [0.717, 1.165) is 42.5 Å². The van der Waals surface area contributed by atoms with E-state index in [1.807, 2.05) is 0 Å². The summed E-state index contributed by atoms with van der Waals surface area (Å²) < 4.78 is 176. The fraction of sp³-hybridized carbons (Fsp3) is 0.0625. The minimum atomic E-state index is -5.79. The van der Waals surface area contributed by atoms with Crippen molar-refractivity contribution in [1.29, 1.82) is 36.8 Å². The van der Waals surface area contributed by atoms with Crippen LogP contribution >= 0.6 is 0 Å². The molecule has 0 bridgehead atoms. The number of benzene rings is 2. The summed E-state index contributed by atoms with van der Waals surface area (Å²) in [5, 5.41) is 66.8. The van der Waals surface area contributed by atoms with E-state index < -0.39 is 131 Å². The smallest absolute Gasteiger partial charge is 0.263 e. The van der Waals surface area contributed by atoms with E-state index in [2.05, 4.69) is 4.98 Å². The lowest BCUT2D eigenvalue weighted by Crippen LogP contribution is -2.17. The second kappa shape index (κ2) is 13.0. The Kier molecular flexibility index (Phi) is 9.32. The Morgan fingerprint density at radius 3 is 0.942 bits per heavy atom. The molecule has 2 aromatic carbocycles. The van der Waals surface area contributed by atoms with E-state index in [0.29, 0.717) is 0 Å². The first-order valence-corrected chi connectivity index (χ1v) is 12.9. The molecule has 8 nitrogen and oxygen atoms in total. The first-order valence-electron chi connectivity index (χ1n) is 12.9. The zero-order chi connectivity index (χ0) is 39.2. The van der Waals surface area contributed by atoms with Gasteiger partial charge in [-0.25, -0.2) is 26.3 Å². The third kappa shape index (κ3) is 5.55. The van der Waals surface area contributed by atoms with Gasteiger partial charge in [0.15, 0.2) is 34.9 Å². The van der Waals surface area contributed by atoms with E-state index in [1.54, 1.807) is 0 Å². The summed E-state index contributed by atoms with van der Waals surface area (Å²) in [6.45, 7) is 0. The van der Waals surface area contributed by atoms with Gasteiger partial charge in [0.25, 0.3) is 0 Å². The Bertz CT molecular complexity index is 2420. The molecule has 1 fully saturated rings. The SMILES string of the molecule is N#CC(=C1C(=C(/C#N)c2c(F)c(F)c(C#N)c(C#N)c2F)/C1=C(/C#N)c1c(F)c(F)c(C#N)c(C#N)c1F)c1c(C(F)(F)F)cncc1C(F)(F)F. The minimum absolute atomic E-state index is 0.211. The number of hydrogen-bond donors (Lipinski definition) is 0. The molecule has 0 unspecified atom stereocenters. The number of halogens is 12. The fourth-order valence-corrected chi connectivity index (χ4v) is 4.99. The van der Waals surface area contributed by atoms with Crippen LogP contribution in [0.1, 0.15) is 50.1 Å². The summed E-state index contributed by atoms with van der Waals surface area (Å²) in [5.41, 5.74) is -26.7. The number of nitrogens with zero attached hydrogens (tertiary/aromatic N) is 8. The van der Waals surface area contributed by atoms with Gasteiger partial charge in [0.1, 0.15) is 64.7 Å². The molecule has 0 spiro atoms. The van der Waals surface area contributed by atoms with Crippen LogP contribution in [0.4, 0.5) is 52.7 Å². The van der Waals surface area contributed by atoms with E-state index in [-0.39, 0.29) is 12.4 Å². The summed E-state index contributed by atoms with van der Waals surface area (Å²) in [6.07, 6.45) is -12.0. The molecule has 52 heavy (non-hydrogen) atoms. The lowest BCUT2D eigenvalue weighted by atomic mass is 9.94. The maximum atomic E-state index is 15.6. The van der Waals surface area contributed by atoms with Crippen molar-refractivity contribution in [1.82, 2.24) is 4.98 Å². The van der Waals surface area contributed by atoms with Gasteiger partial charge >= 0.3 is 12.4 Å². The van der Waals surface area contributed by atoms with Crippen LogP contribution in [0, 0.1) is 114 Å². The van der Waals surface area contributed by atoms with Crippen LogP contribution < -0.4 is 0 Å². The molecule has 0 radical (unpaired) electrons. The highest BCUT2D eigenvalue weighted by Crippen LogP contribution is 2.58. The van der Waals surface area contributed by atoms with E-state index in [4.69, 9.17) is 10.5 Å². The van der Waals surface area contributed by atoms with Gasteiger partial charge in [-0.2, -0.15) is 63.2 Å². The third-order valence-corrected chi connectivity index (χ3v) is 7.17. The third-order valence-electron chi connectivity index (χ3n) is 7.17. The monoisotopic (exact) mass is 726 g/mol. The van der Waals surface area contributed by atoms with E-state index in [9.17, 15) is 61.4 Å². The molecule has 0 atom stereocenters. The highest BCUT2D eigenvalue weighted by molar-refractivity contribution is 6.12. The molecule has 0 aliphatic heterocycles. The van der Waals surface area contributed by atoms with Crippen molar-refractivity contribution in [2.75, 3.05) is 0 Å². The highest BCUT2D eigenvalue weighted by Gasteiger charge is 2.49. The molecular weight excluding hydrogens is 724 g/mol. The van der Waals surface area contributed by atoms with Gasteiger partial charge in [0.2, 0.25) is 0 Å². The van der Waals surface area contributed by atoms with Gasteiger partial charge in [-0.3, -0.25) is 4.98 Å². The highest BCUT2D eigenvalue weighted by atomic mass is 19.4. The maximum absolute atomic E-state index is 15.6. The van der Waals surface area contributed by atoms with Gasteiger partial charge in [-0.15, -0.1) is 0 Å². The number of allylic oxidation sites excluding steroid dienone is 6. The van der Waals surface area contributed by atoms with Crippen molar-refractivity contribution < 1.29 is 52.7 Å². The Morgan fingerprint density at radius 1 is 0.423 bits per heavy atom. The Morgan fingerprint density at radius 2 is 0.692 bits per heavy atom. The summed E-state index contributed by atoms with van der Waals surface area (Å²) >= 11 is 0. The number of pyridine rings is 1. The van der Waals surface area contributed by atoms with Gasteiger partial charge in [-0.05, 0) is 0 Å². The normalized spacial score (nSPS) is 15.1. The quantitative estimate of drug-likeness (QED) is 0.150. The first kappa shape index (κ1) is 37.2. The van der Waals surface area contributed by atoms with Gasteiger partial charge < -0.3 is 0 Å². The van der Waals surface area contributed by atoms with Crippen molar-refractivity contribution in [3.63, 3.8) is 0 Å². The molecule has 4 rings (SSSR count). The van der Waals surface area contributed by atoms with E-state index >= 15 is 17.6 Å². The summed E-state index contributed by atoms with van der Waals surface area (Å²) in [4.78, 5) is 2.85. The first-order chi connectivity index (χ1) is 24.3. The van der Waals surface area contributed by atoms with Crippen LogP contribution in [0.5, 0.6) is 0 Å². The van der Waals surface area contributed by atoms with Crippen LogP contribution in [-0.2, 0) is 12.4 Å². The summed E-state index contributed by atoms with van der Waals surface area (Å²) in [5.74, 6) is -14.1. The molecule has 3 aromatic rings. The molecule has 0 N–H and O–H groups in total. The van der Waals surface area contributed by atoms with Gasteiger partial charge in [0, 0.05) is 34.7 Å². The number of hydrogen-bond acceptors (Lipinski definition) is 8. The van der Waals surface area contributed by atoms with Crippen LogP contribution in [-0.4, -0.2) is 4.98 Å². The number of nitriles is 7. The van der Waals surface area contributed by atoms with Crippen LogP contribution in [0.2, 0.25) is 0 Å². The zero-order valence-corrected chi connectivity index (χ0v) is 24.3. The van der Waals surface area contributed by atoms with Crippen molar-refractivity contribution >= 4 is 16.7 Å². The Labute approximate surface area is 280 Å². The fourth-order valence-electron chi connectivity index (χ4n) is 4.99. The maximum Gasteiger partial charge on any atom is 0.418 e. The van der Waals surface area contributed by atoms with Crippen molar-refractivity contribution in [2.24, 2.45) is 0 Å². The van der Waals surface area contributed by atoms with Gasteiger partial charge in [-0.1, -0.05) is 0 Å². The van der Waals surface area contributed by atoms with Gasteiger partial charge in [0.05, 0.1) is 39.0 Å². The second-order valence-electron chi connectivity index (χ2n) is 9.77. The predicted molar refractivity (Wildman–Crippen MR) is 143 cm³/mol. The Balaban J connectivity index is 2.45. The van der Waals surface area contributed by atoms with Crippen molar-refractivity contribution in [2.45, 2.75) is 12.4 Å². The molecule has 1 aliphatic carbocycles. The zero-order valence-electron chi connectivity index (χ0n) is 24.3. The van der Waals surface area contributed by atoms with Crippen LogP contribution in [0.25, 0.3) is 16.7 Å².